The second-order valence-electron chi connectivity index (χ2n) is 7.56. The molecule has 0 saturated heterocycles. The maximum absolute atomic E-state index is 12.2. The summed E-state index contributed by atoms with van der Waals surface area (Å²) in [6, 6.07) is 0.481. The van der Waals surface area contributed by atoms with Gasteiger partial charge in [-0.15, -0.1) is 0 Å². The molecule has 0 heterocycles. The van der Waals surface area contributed by atoms with Crippen molar-refractivity contribution in [3.63, 3.8) is 0 Å². The monoisotopic (exact) mass is 314 g/mol. The number of amides is 1. The van der Waals surface area contributed by atoms with E-state index in [4.69, 9.17) is 4.74 Å². The Hall–Kier alpha value is -0.810. The number of carbonyl (C=O) groups is 1. The molecule has 1 aliphatic carbocycles. The lowest BCUT2D eigenvalue weighted by Crippen LogP contribution is -2.45. The minimum absolute atomic E-state index is 0.300. The fourth-order valence-electron chi connectivity index (χ4n) is 2.95. The fraction of sp³-hybridized carbons (Fsp3) is 0.941. The predicted octanol–water partition coefficient (Wildman–Crippen LogP) is 2.77. The third-order valence-electron chi connectivity index (χ3n) is 4.09. The van der Waals surface area contributed by atoms with E-state index in [1.165, 1.54) is 25.7 Å². The summed E-state index contributed by atoms with van der Waals surface area (Å²) in [5, 5.41) is 13.1. The van der Waals surface area contributed by atoms with Crippen LogP contribution in [0.2, 0.25) is 0 Å². The topological polar surface area (TPSA) is 61.8 Å². The molecule has 1 aliphatic rings. The van der Waals surface area contributed by atoms with E-state index in [1.54, 1.807) is 11.8 Å². The van der Waals surface area contributed by atoms with Gasteiger partial charge in [-0.1, -0.05) is 12.8 Å². The summed E-state index contributed by atoms with van der Waals surface area (Å²) in [5.74, 6) is 0.756. The smallest absolute Gasteiger partial charge is 0.410 e. The number of carbonyl (C=O) groups excluding carboxylic acids is 1. The van der Waals surface area contributed by atoms with Crippen LogP contribution in [0.4, 0.5) is 4.79 Å². The first-order valence-electron chi connectivity index (χ1n) is 8.58. The summed E-state index contributed by atoms with van der Waals surface area (Å²) in [6.45, 7) is 11.0. The Kier molecular flexibility index (Phi) is 7.63. The lowest BCUT2D eigenvalue weighted by Gasteiger charge is -2.29. The van der Waals surface area contributed by atoms with E-state index in [0.717, 1.165) is 12.5 Å². The number of nitrogens with zero attached hydrogens (tertiary/aromatic N) is 1. The maximum atomic E-state index is 12.2. The van der Waals surface area contributed by atoms with Crippen LogP contribution in [0.3, 0.4) is 0 Å². The Morgan fingerprint density at radius 2 is 1.91 bits per heavy atom. The van der Waals surface area contributed by atoms with Crippen LogP contribution in [0.5, 0.6) is 0 Å². The maximum Gasteiger partial charge on any atom is 0.410 e. The minimum atomic E-state index is -0.556. The van der Waals surface area contributed by atoms with Crippen LogP contribution in [0, 0.1) is 5.92 Å². The van der Waals surface area contributed by atoms with Gasteiger partial charge in [-0.3, -0.25) is 0 Å². The second-order valence-corrected chi connectivity index (χ2v) is 7.56. The Morgan fingerprint density at radius 3 is 2.41 bits per heavy atom. The van der Waals surface area contributed by atoms with E-state index in [2.05, 4.69) is 12.2 Å². The van der Waals surface area contributed by atoms with Crippen molar-refractivity contribution in [2.45, 2.75) is 78.0 Å². The summed E-state index contributed by atoms with van der Waals surface area (Å²) in [4.78, 5) is 13.8. The zero-order chi connectivity index (χ0) is 16.8. The summed E-state index contributed by atoms with van der Waals surface area (Å²) >= 11 is 0. The molecule has 2 atom stereocenters. The Balaban J connectivity index is 2.41. The van der Waals surface area contributed by atoms with Crippen molar-refractivity contribution in [2.75, 3.05) is 19.6 Å². The zero-order valence-corrected chi connectivity index (χ0v) is 14.9. The highest BCUT2D eigenvalue weighted by Gasteiger charge is 2.24. The quantitative estimate of drug-likeness (QED) is 0.758. The largest absolute Gasteiger partial charge is 0.444 e. The van der Waals surface area contributed by atoms with E-state index in [1.807, 2.05) is 20.8 Å². The molecule has 1 fully saturated rings. The first-order valence-corrected chi connectivity index (χ1v) is 8.58. The SMILES string of the molecule is CC(O)CN(CCNC(C)C1CCCC1)C(=O)OC(C)(C)C. The van der Waals surface area contributed by atoms with Crippen LogP contribution in [-0.4, -0.2) is 53.5 Å². The molecule has 2 unspecified atom stereocenters. The third kappa shape index (κ3) is 7.45. The van der Waals surface area contributed by atoms with E-state index in [-0.39, 0.29) is 6.09 Å². The van der Waals surface area contributed by atoms with Crippen LogP contribution in [0.25, 0.3) is 0 Å². The van der Waals surface area contributed by atoms with Gasteiger partial charge in [0.05, 0.1) is 6.10 Å². The summed E-state index contributed by atoms with van der Waals surface area (Å²) < 4.78 is 5.41. The predicted molar refractivity (Wildman–Crippen MR) is 88.9 cm³/mol. The molecule has 1 amide bonds. The van der Waals surface area contributed by atoms with Crippen LogP contribution in [0.15, 0.2) is 0 Å². The Bertz CT molecular complexity index is 333. The van der Waals surface area contributed by atoms with E-state index in [9.17, 15) is 9.90 Å². The molecule has 2 N–H and O–H groups in total. The highest BCUT2D eigenvalue weighted by Crippen LogP contribution is 2.27. The minimum Gasteiger partial charge on any atom is -0.444 e. The second kappa shape index (κ2) is 8.73. The molecule has 0 aliphatic heterocycles. The Morgan fingerprint density at radius 1 is 1.32 bits per heavy atom. The van der Waals surface area contributed by atoms with E-state index >= 15 is 0 Å². The lowest BCUT2D eigenvalue weighted by atomic mass is 10.00. The van der Waals surface area contributed by atoms with Crippen LogP contribution in [-0.2, 0) is 4.74 Å². The molecule has 0 aromatic rings. The molecule has 130 valence electrons. The van der Waals surface area contributed by atoms with Gasteiger partial charge in [0.25, 0.3) is 0 Å². The van der Waals surface area contributed by atoms with Crippen molar-refractivity contribution in [3.05, 3.63) is 0 Å². The number of ether oxygens (including phenoxy) is 1. The van der Waals surface area contributed by atoms with Gasteiger partial charge >= 0.3 is 6.09 Å². The van der Waals surface area contributed by atoms with Crippen molar-refractivity contribution in [3.8, 4) is 0 Å². The first kappa shape index (κ1) is 19.2. The van der Waals surface area contributed by atoms with E-state index in [0.29, 0.717) is 19.1 Å². The number of hydrogen-bond acceptors (Lipinski definition) is 4. The molecule has 1 rings (SSSR count). The van der Waals surface area contributed by atoms with E-state index < -0.39 is 11.7 Å². The summed E-state index contributed by atoms with van der Waals surface area (Å²) in [7, 11) is 0. The van der Waals surface area contributed by atoms with Crippen molar-refractivity contribution >= 4 is 6.09 Å². The number of nitrogens with one attached hydrogen (secondary N) is 1. The molecule has 22 heavy (non-hydrogen) atoms. The third-order valence-corrected chi connectivity index (χ3v) is 4.09. The average Bonchev–Trinajstić information content (AvgIpc) is 2.88. The fourth-order valence-corrected chi connectivity index (χ4v) is 2.95. The van der Waals surface area contributed by atoms with Crippen LogP contribution in [0.1, 0.15) is 60.3 Å². The Labute approximate surface area is 135 Å². The molecule has 1 saturated carbocycles. The number of rotatable bonds is 7. The van der Waals surface area contributed by atoms with Crippen molar-refractivity contribution in [1.29, 1.82) is 0 Å². The average molecular weight is 314 g/mol. The van der Waals surface area contributed by atoms with Gasteiger partial charge in [-0.25, -0.2) is 4.79 Å². The molecular formula is C17H34N2O3. The van der Waals surface area contributed by atoms with Crippen molar-refractivity contribution in [2.24, 2.45) is 5.92 Å². The van der Waals surface area contributed by atoms with Gasteiger partial charge in [-0.2, -0.15) is 0 Å². The highest BCUT2D eigenvalue weighted by molar-refractivity contribution is 5.68. The molecule has 0 aromatic heterocycles. The van der Waals surface area contributed by atoms with Gasteiger partial charge in [0.15, 0.2) is 0 Å². The molecule has 5 heteroatoms. The van der Waals surface area contributed by atoms with Crippen molar-refractivity contribution in [1.82, 2.24) is 10.2 Å². The molecule has 0 spiro atoms. The molecule has 0 bridgehead atoms. The lowest BCUT2D eigenvalue weighted by molar-refractivity contribution is 0.0162. The summed E-state index contributed by atoms with van der Waals surface area (Å²) in [5.41, 5.74) is -0.515. The molecule has 0 aromatic carbocycles. The van der Waals surface area contributed by atoms with Gasteiger partial charge < -0.3 is 20.1 Å². The number of aliphatic hydroxyl groups excluding tert-OH is 1. The van der Waals surface area contributed by atoms with Crippen LogP contribution < -0.4 is 5.32 Å². The summed E-state index contributed by atoms with van der Waals surface area (Å²) in [6.07, 6.45) is 4.37. The van der Waals surface area contributed by atoms with Gasteiger partial charge in [0.1, 0.15) is 5.60 Å². The first-order chi connectivity index (χ1) is 10.2. The highest BCUT2D eigenvalue weighted by atomic mass is 16.6. The molecule has 5 nitrogen and oxygen atoms in total. The van der Waals surface area contributed by atoms with Gasteiger partial charge in [0.2, 0.25) is 0 Å². The van der Waals surface area contributed by atoms with Crippen molar-refractivity contribution < 1.29 is 14.6 Å². The van der Waals surface area contributed by atoms with Gasteiger partial charge in [0, 0.05) is 25.7 Å². The molecular weight excluding hydrogens is 280 g/mol. The normalized spacial score (nSPS) is 19.0. The number of hydrogen-bond donors (Lipinski definition) is 2. The number of aliphatic hydroxyl groups is 1. The van der Waals surface area contributed by atoms with Crippen LogP contribution >= 0.6 is 0 Å². The van der Waals surface area contributed by atoms with Gasteiger partial charge in [-0.05, 0) is 53.4 Å². The molecule has 0 radical (unpaired) electrons. The zero-order valence-electron chi connectivity index (χ0n) is 14.9. The standard InChI is InChI=1S/C17H34N2O3/c1-13(20)12-19(16(21)22-17(3,4)5)11-10-18-14(2)15-8-6-7-9-15/h13-15,18,20H,6-12H2,1-5H3.